The summed E-state index contributed by atoms with van der Waals surface area (Å²) in [4.78, 5) is 21.7. The normalized spacial score (nSPS) is 9.94. The number of nitrogens with two attached hydrogens (primary N) is 1. The summed E-state index contributed by atoms with van der Waals surface area (Å²) >= 11 is 0. The third-order valence-corrected chi connectivity index (χ3v) is 1.85. The van der Waals surface area contributed by atoms with E-state index in [1.54, 1.807) is 0 Å². The molecule has 0 spiro atoms. The quantitative estimate of drug-likeness (QED) is 0.497. The smallest absolute Gasteiger partial charge is 0.325 e. The molecule has 0 saturated heterocycles. The number of carbonyl (C=O) groups excluding carboxylic acids is 1. The van der Waals surface area contributed by atoms with Crippen LogP contribution in [0.5, 0.6) is 0 Å². The van der Waals surface area contributed by atoms with Gasteiger partial charge in [0.05, 0.1) is 11.9 Å². The summed E-state index contributed by atoms with van der Waals surface area (Å²) in [6.45, 7) is 0.763. The van der Waals surface area contributed by atoms with Gasteiger partial charge in [0.2, 0.25) is 0 Å². The molecule has 0 fully saturated rings. The molecule has 0 radical (unpaired) electrons. The number of urea groups is 1. The molecule has 8 nitrogen and oxygen atoms in total. The molecule has 0 aliphatic heterocycles. The Morgan fingerprint density at radius 3 is 2.94 bits per heavy atom. The van der Waals surface area contributed by atoms with Gasteiger partial charge in [-0.05, 0) is 13.0 Å². The number of aromatic nitrogens is 2. The van der Waals surface area contributed by atoms with Crippen LogP contribution in [0.4, 0.5) is 10.5 Å². The fourth-order valence-electron chi connectivity index (χ4n) is 1.13. The van der Waals surface area contributed by atoms with Gasteiger partial charge >= 0.3 is 12.0 Å². The topological polar surface area (TPSA) is 122 Å². The molecule has 0 aromatic carbocycles. The first-order valence-electron chi connectivity index (χ1n) is 5.11. The highest BCUT2D eigenvalue weighted by molar-refractivity contribution is 5.88. The molecule has 17 heavy (non-hydrogen) atoms. The lowest BCUT2D eigenvalue weighted by molar-refractivity contribution is -0.137. The fraction of sp³-hybridized carbons (Fsp3) is 0.444. The van der Waals surface area contributed by atoms with Crippen molar-refractivity contribution < 1.29 is 14.7 Å². The number of nitrogens with one attached hydrogen (secondary N) is 2. The van der Waals surface area contributed by atoms with Crippen molar-refractivity contribution in [1.29, 1.82) is 0 Å². The second-order valence-corrected chi connectivity index (χ2v) is 3.34. The number of carbonyl (C=O) groups is 2. The van der Waals surface area contributed by atoms with Gasteiger partial charge in [-0.25, -0.2) is 4.79 Å². The first kappa shape index (κ1) is 13.0. The Kier molecular flexibility index (Phi) is 4.95. The van der Waals surface area contributed by atoms with E-state index in [1.165, 1.54) is 17.1 Å². The molecule has 8 heteroatoms. The van der Waals surface area contributed by atoms with Crippen molar-refractivity contribution in [3.8, 4) is 0 Å². The van der Waals surface area contributed by atoms with E-state index >= 15 is 0 Å². The SMILES string of the molecule is NCCCNC(=O)Nc1cnn(CC(=O)O)c1. The Morgan fingerprint density at radius 2 is 2.29 bits per heavy atom. The van der Waals surface area contributed by atoms with E-state index in [0.29, 0.717) is 25.2 Å². The average molecular weight is 241 g/mol. The summed E-state index contributed by atoms with van der Waals surface area (Å²) in [5.74, 6) is -0.993. The van der Waals surface area contributed by atoms with Crippen LogP contribution >= 0.6 is 0 Å². The third kappa shape index (κ3) is 4.98. The van der Waals surface area contributed by atoms with Crippen molar-refractivity contribution in [2.45, 2.75) is 13.0 Å². The predicted molar refractivity (Wildman–Crippen MR) is 60.6 cm³/mol. The van der Waals surface area contributed by atoms with Crippen LogP contribution in [-0.2, 0) is 11.3 Å². The van der Waals surface area contributed by atoms with E-state index in [9.17, 15) is 9.59 Å². The maximum atomic E-state index is 11.3. The number of carboxylic acids is 1. The number of aliphatic carboxylic acids is 1. The first-order valence-corrected chi connectivity index (χ1v) is 5.11. The van der Waals surface area contributed by atoms with Gasteiger partial charge < -0.3 is 21.5 Å². The Labute approximate surface area is 97.8 Å². The van der Waals surface area contributed by atoms with Crippen LogP contribution in [0.2, 0.25) is 0 Å². The van der Waals surface area contributed by atoms with E-state index < -0.39 is 5.97 Å². The maximum absolute atomic E-state index is 11.3. The molecular formula is C9H15N5O3. The van der Waals surface area contributed by atoms with Gasteiger partial charge in [0.25, 0.3) is 0 Å². The standard InChI is InChI=1S/C9H15N5O3/c10-2-1-3-11-9(17)13-7-4-12-14(5-7)6-8(15)16/h4-5H,1-3,6,10H2,(H,15,16)(H2,11,13,17). The van der Waals surface area contributed by atoms with Crippen molar-refractivity contribution in [3.63, 3.8) is 0 Å². The molecular weight excluding hydrogens is 226 g/mol. The van der Waals surface area contributed by atoms with Crippen LogP contribution in [0.1, 0.15) is 6.42 Å². The van der Waals surface area contributed by atoms with Gasteiger partial charge in [0.1, 0.15) is 6.54 Å². The number of carboxylic acid groups (broad SMARTS) is 1. The molecule has 0 aliphatic rings. The molecule has 1 aromatic heterocycles. The Morgan fingerprint density at radius 1 is 1.53 bits per heavy atom. The molecule has 0 aliphatic carbocycles. The lowest BCUT2D eigenvalue weighted by Crippen LogP contribution is -2.30. The zero-order valence-corrected chi connectivity index (χ0v) is 9.22. The van der Waals surface area contributed by atoms with Crippen molar-refractivity contribution in [1.82, 2.24) is 15.1 Å². The van der Waals surface area contributed by atoms with Crippen molar-refractivity contribution in [2.75, 3.05) is 18.4 Å². The number of anilines is 1. The molecule has 1 aromatic rings. The van der Waals surface area contributed by atoms with Crippen LogP contribution in [0.3, 0.4) is 0 Å². The van der Waals surface area contributed by atoms with Gasteiger partial charge in [0, 0.05) is 12.7 Å². The summed E-state index contributed by atoms with van der Waals surface area (Å²) in [5.41, 5.74) is 5.72. The minimum absolute atomic E-state index is 0.240. The largest absolute Gasteiger partial charge is 0.480 e. The summed E-state index contributed by atoms with van der Waals surface area (Å²) in [6, 6.07) is -0.367. The van der Waals surface area contributed by atoms with E-state index in [-0.39, 0.29) is 12.6 Å². The number of amides is 2. The highest BCUT2D eigenvalue weighted by Crippen LogP contribution is 2.03. The van der Waals surface area contributed by atoms with Gasteiger partial charge in [-0.15, -0.1) is 0 Å². The molecule has 0 atom stereocenters. The van der Waals surface area contributed by atoms with Crippen LogP contribution in [0.25, 0.3) is 0 Å². The Bertz CT molecular complexity index is 390. The van der Waals surface area contributed by atoms with Crippen LogP contribution in [-0.4, -0.2) is 40.0 Å². The van der Waals surface area contributed by atoms with E-state index in [2.05, 4.69) is 15.7 Å². The lowest BCUT2D eigenvalue weighted by atomic mass is 10.4. The van der Waals surface area contributed by atoms with E-state index in [4.69, 9.17) is 10.8 Å². The summed E-state index contributed by atoms with van der Waals surface area (Å²) in [7, 11) is 0. The Hall–Kier alpha value is -2.09. The van der Waals surface area contributed by atoms with Crippen LogP contribution in [0.15, 0.2) is 12.4 Å². The second kappa shape index (κ2) is 6.48. The fourth-order valence-corrected chi connectivity index (χ4v) is 1.13. The number of hydrogen-bond acceptors (Lipinski definition) is 4. The van der Waals surface area contributed by atoms with Crippen LogP contribution in [0, 0.1) is 0 Å². The molecule has 5 N–H and O–H groups in total. The summed E-state index contributed by atoms with van der Waals surface area (Å²) in [6.07, 6.45) is 3.52. The monoisotopic (exact) mass is 241 g/mol. The Balaban J connectivity index is 2.38. The first-order chi connectivity index (χ1) is 8.11. The summed E-state index contributed by atoms with van der Waals surface area (Å²) in [5, 5.41) is 17.4. The van der Waals surface area contributed by atoms with E-state index in [0.717, 1.165) is 0 Å². The van der Waals surface area contributed by atoms with Gasteiger partial charge in [-0.3, -0.25) is 9.48 Å². The van der Waals surface area contributed by atoms with Crippen molar-refractivity contribution >= 4 is 17.7 Å². The third-order valence-electron chi connectivity index (χ3n) is 1.85. The maximum Gasteiger partial charge on any atom is 0.325 e. The lowest BCUT2D eigenvalue weighted by Gasteiger charge is -2.04. The molecule has 2 amide bonds. The highest BCUT2D eigenvalue weighted by Gasteiger charge is 2.05. The average Bonchev–Trinajstić information content (AvgIpc) is 2.64. The zero-order chi connectivity index (χ0) is 12.7. The summed E-state index contributed by atoms with van der Waals surface area (Å²) < 4.78 is 1.22. The molecule has 1 rings (SSSR count). The number of rotatable bonds is 6. The van der Waals surface area contributed by atoms with Crippen molar-refractivity contribution in [2.24, 2.45) is 5.73 Å². The van der Waals surface area contributed by atoms with Gasteiger partial charge in [-0.2, -0.15) is 5.10 Å². The molecule has 1 heterocycles. The molecule has 0 bridgehead atoms. The predicted octanol–water partition coefficient (Wildman–Crippen LogP) is -0.562. The van der Waals surface area contributed by atoms with Crippen LogP contribution < -0.4 is 16.4 Å². The second-order valence-electron chi connectivity index (χ2n) is 3.34. The molecule has 94 valence electrons. The number of hydrogen-bond donors (Lipinski definition) is 4. The number of nitrogens with zero attached hydrogens (tertiary/aromatic N) is 2. The highest BCUT2D eigenvalue weighted by atomic mass is 16.4. The molecule has 0 unspecified atom stereocenters. The zero-order valence-electron chi connectivity index (χ0n) is 9.22. The van der Waals surface area contributed by atoms with Crippen molar-refractivity contribution in [3.05, 3.63) is 12.4 Å². The van der Waals surface area contributed by atoms with E-state index in [1.807, 2.05) is 0 Å². The van der Waals surface area contributed by atoms with Gasteiger partial charge in [0.15, 0.2) is 0 Å². The minimum atomic E-state index is -0.993. The minimum Gasteiger partial charge on any atom is -0.480 e. The van der Waals surface area contributed by atoms with Gasteiger partial charge in [-0.1, -0.05) is 0 Å². The molecule has 0 saturated carbocycles.